The second-order valence-electron chi connectivity index (χ2n) is 5.12. The number of amides is 1. The smallest absolute Gasteiger partial charge is 0.266 e. The van der Waals surface area contributed by atoms with Crippen molar-refractivity contribution in [2.24, 2.45) is 0 Å². The molecule has 1 amide bonds. The first-order valence-electron chi connectivity index (χ1n) is 6.95. The quantitative estimate of drug-likeness (QED) is 0.695. The molecule has 0 aliphatic heterocycles. The van der Waals surface area contributed by atoms with Crippen LogP contribution in [0.4, 0.5) is 15.8 Å². The number of anilines is 2. The summed E-state index contributed by atoms with van der Waals surface area (Å²) in [6.07, 6.45) is 1.51. The molecule has 0 saturated heterocycles. The van der Waals surface area contributed by atoms with Gasteiger partial charge < -0.3 is 10.2 Å². The molecule has 0 spiro atoms. The maximum absolute atomic E-state index is 12.8. The van der Waals surface area contributed by atoms with Gasteiger partial charge in [-0.3, -0.25) is 4.79 Å². The van der Waals surface area contributed by atoms with Gasteiger partial charge in [0.1, 0.15) is 17.5 Å². The molecule has 0 aliphatic rings. The van der Waals surface area contributed by atoms with Crippen molar-refractivity contribution in [2.45, 2.75) is 0 Å². The Morgan fingerprint density at radius 1 is 1.13 bits per heavy atom. The molecule has 4 nitrogen and oxygen atoms in total. The molecular formula is C18H16FN3O. The predicted molar refractivity (Wildman–Crippen MR) is 89.4 cm³/mol. The van der Waals surface area contributed by atoms with Crippen LogP contribution in [-0.2, 0) is 4.79 Å². The van der Waals surface area contributed by atoms with Gasteiger partial charge in [-0.25, -0.2) is 4.39 Å². The van der Waals surface area contributed by atoms with Crippen molar-refractivity contribution in [2.75, 3.05) is 24.3 Å². The van der Waals surface area contributed by atoms with Gasteiger partial charge in [-0.05, 0) is 48.0 Å². The van der Waals surface area contributed by atoms with Crippen molar-refractivity contribution in [3.63, 3.8) is 0 Å². The van der Waals surface area contributed by atoms with Gasteiger partial charge in [-0.1, -0.05) is 12.1 Å². The van der Waals surface area contributed by atoms with E-state index in [0.29, 0.717) is 5.69 Å². The standard InChI is InChI=1S/C18H16FN3O/c1-22(2)17-9-3-13(4-10-17)11-14(12-20)18(23)21-16-7-5-15(19)6-8-16/h3-11H,1-2H3,(H,21,23). The molecule has 0 heterocycles. The minimum Gasteiger partial charge on any atom is -0.378 e. The fraction of sp³-hybridized carbons (Fsp3) is 0.111. The molecule has 0 aliphatic carbocycles. The van der Waals surface area contributed by atoms with Crippen molar-refractivity contribution in [1.82, 2.24) is 0 Å². The van der Waals surface area contributed by atoms with E-state index in [1.807, 2.05) is 49.3 Å². The summed E-state index contributed by atoms with van der Waals surface area (Å²) in [4.78, 5) is 14.1. The van der Waals surface area contributed by atoms with Crippen LogP contribution < -0.4 is 10.2 Å². The SMILES string of the molecule is CN(C)c1ccc(C=C(C#N)C(=O)Nc2ccc(F)cc2)cc1. The van der Waals surface area contributed by atoms with Crippen molar-refractivity contribution in [3.05, 3.63) is 65.5 Å². The van der Waals surface area contributed by atoms with Gasteiger partial charge in [0.25, 0.3) is 5.91 Å². The molecule has 2 aromatic carbocycles. The molecule has 2 aromatic rings. The van der Waals surface area contributed by atoms with Crippen LogP contribution in [-0.4, -0.2) is 20.0 Å². The number of hydrogen-bond donors (Lipinski definition) is 1. The van der Waals surface area contributed by atoms with Crippen molar-refractivity contribution in [1.29, 1.82) is 5.26 Å². The molecular weight excluding hydrogens is 293 g/mol. The van der Waals surface area contributed by atoms with Gasteiger partial charge in [0.05, 0.1) is 0 Å². The Balaban J connectivity index is 2.16. The van der Waals surface area contributed by atoms with E-state index < -0.39 is 5.91 Å². The Hall–Kier alpha value is -3.13. The lowest BCUT2D eigenvalue weighted by molar-refractivity contribution is -0.112. The van der Waals surface area contributed by atoms with Crippen molar-refractivity contribution in [3.8, 4) is 6.07 Å². The first-order chi connectivity index (χ1) is 11.0. The van der Waals surface area contributed by atoms with Crippen LogP contribution in [0.2, 0.25) is 0 Å². The highest BCUT2D eigenvalue weighted by atomic mass is 19.1. The van der Waals surface area contributed by atoms with E-state index >= 15 is 0 Å². The fourth-order valence-corrected chi connectivity index (χ4v) is 1.92. The van der Waals surface area contributed by atoms with Gasteiger partial charge >= 0.3 is 0 Å². The summed E-state index contributed by atoms with van der Waals surface area (Å²) in [5, 5.41) is 11.7. The molecule has 0 atom stereocenters. The Bertz CT molecular complexity index is 756. The number of rotatable bonds is 4. The normalized spacial score (nSPS) is 10.8. The monoisotopic (exact) mass is 309 g/mol. The summed E-state index contributed by atoms with van der Waals surface area (Å²) in [6, 6.07) is 14.7. The number of carbonyl (C=O) groups is 1. The van der Waals surface area contributed by atoms with Gasteiger partial charge in [-0.2, -0.15) is 5.26 Å². The number of nitrogens with zero attached hydrogens (tertiary/aromatic N) is 2. The molecule has 0 aromatic heterocycles. The van der Waals surface area contributed by atoms with E-state index in [9.17, 15) is 14.4 Å². The van der Waals surface area contributed by atoms with Crippen LogP contribution in [0.5, 0.6) is 0 Å². The average molecular weight is 309 g/mol. The van der Waals surface area contributed by atoms with Crippen LogP contribution >= 0.6 is 0 Å². The van der Waals surface area contributed by atoms with Crippen LogP contribution in [0.25, 0.3) is 6.08 Å². The first-order valence-corrected chi connectivity index (χ1v) is 6.95. The van der Waals surface area contributed by atoms with Crippen LogP contribution in [0.15, 0.2) is 54.1 Å². The molecule has 0 unspecified atom stereocenters. The highest BCUT2D eigenvalue weighted by molar-refractivity contribution is 6.09. The zero-order valence-corrected chi connectivity index (χ0v) is 12.9. The summed E-state index contributed by atoms with van der Waals surface area (Å²) in [7, 11) is 3.86. The van der Waals surface area contributed by atoms with E-state index in [0.717, 1.165) is 11.3 Å². The Labute approximate surface area is 134 Å². The lowest BCUT2D eigenvalue weighted by Gasteiger charge is -2.11. The predicted octanol–water partition coefficient (Wildman–Crippen LogP) is 3.44. The summed E-state index contributed by atoms with van der Waals surface area (Å²) >= 11 is 0. The van der Waals surface area contributed by atoms with E-state index in [1.165, 1.54) is 30.3 Å². The molecule has 116 valence electrons. The minimum absolute atomic E-state index is 0.0214. The molecule has 0 fully saturated rings. The zero-order chi connectivity index (χ0) is 16.8. The fourth-order valence-electron chi connectivity index (χ4n) is 1.92. The number of halogens is 1. The summed E-state index contributed by atoms with van der Waals surface area (Å²) < 4.78 is 12.8. The van der Waals surface area contributed by atoms with E-state index in [4.69, 9.17) is 0 Å². The first kappa shape index (κ1) is 16.2. The molecule has 23 heavy (non-hydrogen) atoms. The van der Waals surface area contributed by atoms with E-state index in [2.05, 4.69) is 5.32 Å². The van der Waals surface area contributed by atoms with Gasteiger partial charge in [0.15, 0.2) is 0 Å². The third-order valence-corrected chi connectivity index (χ3v) is 3.19. The minimum atomic E-state index is -0.532. The molecule has 0 radical (unpaired) electrons. The third-order valence-electron chi connectivity index (χ3n) is 3.19. The molecule has 5 heteroatoms. The molecule has 2 rings (SSSR count). The van der Waals surface area contributed by atoms with Gasteiger partial charge in [-0.15, -0.1) is 0 Å². The largest absolute Gasteiger partial charge is 0.378 e. The second kappa shape index (κ2) is 7.23. The topological polar surface area (TPSA) is 56.1 Å². The summed E-state index contributed by atoms with van der Waals surface area (Å²) in [5.41, 5.74) is 2.19. The van der Waals surface area contributed by atoms with Crippen LogP contribution in [0.3, 0.4) is 0 Å². The third kappa shape index (κ3) is 4.42. The lowest BCUT2D eigenvalue weighted by atomic mass is 10.1. The Morgan fingerprint density at radius 2 is 1.74 bits per heavy atom. The maximum Gasteiger partial charge on any atom is 0.266 e. The van der Waals surface area contributed by atoms with Crippen LogP contribution in [0.1, 0.15) is 5.56 Å². The summed E-state index contributed by atoms with van der Waals surface area (Å²) in [6.45, 7) is 0. The number of carbonyl (C=O) groups excluding carboxylic acids is 1. The maximum atomic E-state index is 12.8. The second-order valence-corrected chi connectivity index (χ2v) is 5.12. The Morgan fingerprint density at radius 3 is 2.26 bits per heavy atom. The van der Waals surface area contributed by atoms with Gasteiger partial charge in [0.2, 0.25) is 0 Å². The highest BCUT2D eigenvalue weighted by Crippen LogP contribution is 2.16. The van der Waals surface area contributed by atoms with Crippen molar-refractivity contribution >= 4 is 23.4 Å². The number of hydrogen-bond acceptors (Lipinski definition) is 3. The number of nitrogens with one attached hydrogen (secondary N) is 1. The Kier molecular flexibility index (Phi) is 5.11. The van der Waals surface area contributed by atoms with Gasteiger partial charge in [0, 0.05) is 25.5 Å². The lowest BCUT2D eigenvalue weighted by Crippen LogP contribution is -2.13. The average Bonchev–Trinajstić information content (AvgIpc) is 2.55. The zero-order valence-electron chi connectivity index (χ0n) is 12.9. The molecule has 0 saturated carbocycles. The number of benzene rings is 2. The van der Waals surface area contributed by atoms with E-state index in [1.54, 1.807) is 0 Å². The molecule has 0 bridgehead atoms. The van der Waals surface area contributed by atoms with E-state index in [-0.39, 0.29) is 11.4 Å². The summed E-state index contributed by atoms with van der Waals surface area (Å²) in [5.74, 6) is -0.921. The molecule has 1 N–H and O–H groups in total. The van der Waals surface area contributed by atoms with Crippen molar-refractivity contribution < 1.29 is 9.18 Å². The highest BCUT2D eigenvalue weighted by Gasteiger charge is 2.09. The number of nitriles is 1. The van der Waals surface area contributed by atoms with Crippen LogP contribution in [0, 0.1) is 17.1 Å².